The fraction of sp³-hybridized carbons (Fsp3) is 0.500. The van der Waals surface area contributed by atoms with E-state index in [1.807, 2.05) is 32.4 Å². The van der Waals surface area contributed by atoms with Gasteiger partial charge in [0.05, 0.1) is 4.90 Å². The summed E-state index contributed by atoms with van der Waals surface area (Å²) in [6.45, 7) is 3.24. The van der Waals surface area contributed by atoms with Crippen LogP contribution in [0.1, 0.15) is 13.3 Å². The molecule has 0 aromatic carbocycles. The van der Waals surface area contributed by atoms with Crippen LogP contribution in [-0.4, -0.2) is 14.1 Å². The van der Waals surface area contributed by atoms with E-state index >= 15 is 0 Å². The monoisotopic (exact) mass is 270 g/mol. The minimum absolute atomic E-state index is 0. The van der Waals surface area contributed by atoms with Crippen LogP contribution in [0.5, 0.6) is 0 Å². The zero-order valence-electron chi connectivity index (χ0n) is 9.40. The van der Waals surface area contributed by atoms with Gasteiger partial charge in [-0.15, -0.1) is 25.0 Å². The normalized spacial score (nSPS) is 7.73. The number of hydrogen-bond donors (Lipinski definition) is 2. The molecule has 1 heterocycles. The van der Waals surface area contributed by atoms with E-state index in [-0.39, 0.29) is 24.8 Å². The third kappa shape index (κ3) is 12.0. The lowest BCUT2D eigenvalue weighted by Gasteiger charge is -1.92. The Bertz CT molecular complexity index is 234. The van der Waals surface area contributed by atoms with E-state index < -0.39 is 0 Å². The molecule has 0 unspecified atom stereocenters. The van der Waals surface area contributed by atoms with Gasteiger partial charge in [0.2, 0.25) is 0 Å². The highest BCUT2D eigenvalue weighted by Gasteiger charge is 1.95. The minimum Gasteiger partial charge on any atom is -1.00 e. The summed E-state index contributed by atoms with van der Waals surface area (Å²) in [5.41, 5.74) is 0. The Morgan fingerprint density at radius 2 is 1.93 bits per heavy atom. The van der Waals surface area contributed by atoms with Crippen LogP contribution in [0.15, 0.2) is 29.4 Å². The van der Waals surface area contributed by atoms with Gasteiger partial charge in [-0.3, -0.25) is 0 Å². The van der Waals surface area contributed by atoms with Crippen LogP contribution < -0.4 is 22.3 Å². The standard InChI is InChI=1S/C8H11NS.C2H7N.2ClH/c1-2-5-9-6-3-4-8(10)7-9;1-3-2;;/h3-4,6-7H,2,5H2,1H3;3H,1-2H3;2*1H. The molecule has 0 radical (unpaired) electrons. The number of nitrogens with zero attached hydrogens (tertiary/aromatic N) is 1. The maximum absolute atomic E-state index is 4.23. The summed E-state index contributed by atoms with van der Waals surface area (Å²) >= 11 is 4.23. The van der Waals surface area contributed by atoms with Gasteiger partial charge >= 0.3 is 0 Å². The topological polar surface area (TPSA) is 15.9 Å². The van der Waals surface area contributed by atoms with E-state index in [0.717, 1.165) is 11.4 Å². The highest BCUT2D eigenvalue weighted by molar-refractivity contribution is 7.80. The lowest BCUT2D eigenvalue weighted by Crippen LogP contribution is -3.00. The van der Waals surface area contributed by atoms with Crippen LogP contribution in [-0.2, 0) is 6.54 Å². The summed E-state index contributed by atoms with van der Waals surface area (Å²) < 4.78 is 2.14. The molecule has 1 aromatic rings. The van der Waals surface area contributed by atoms with E-state index in [0.29, 0.717) is 0 Å². The van der Waals surface area contributed by atoms with E-state index in [1.165, 1.54) is 6.42 Å². The lowest BCUT2D eigenvalue weighted by atomic mass is 10.4. The van der Waals surface area contributed by atoms with E-state index in [4.69, 9.17) is 0 Å². The Morgan fingerprint density at radius 1 is 1.40 bits per heavy atom. The van der Waals surface area contributed by atoms with Gasteiger partial charge in [0, 0.05) is 12.5 Å². The van der Waals surface area contributed by atoms with Crippen molar-refractivity contribution in [3.05, 3.63) is 24.5 Å². The van der Waals surface area contributed by atoms with Crippen molar-refractivity contribution in [3.8, 4) is 0 Å². The van der Waals surface area contributed by atoms with Crippen molar-refractivity contribution in [2.24, 2.45) is 0 Å². The van der Waals surface area contributed by atoms with Gasteiger partial charge in [0.25, 0.3) is 0 Å². The number of rotatable bonds is 2. The molecule has 0 bridgehead atoms. The fourth-order valence-corrected chi connectivity index (χ4v) is 1.14. The van der Waals surface area contributed by atoms with E-state index in [1.54, 1.807) is 0 Å². The van der Waals surface area contributed by atoms with Gasteiger partial charge in [0.1, 0.15) is 6.54 Å². The van der Waals surface area contributed by atoms with Crippen LogP contribution in [0.2, 0.25) is 0 Å². The Kier molecular flexibility index (Phi) is 19.1. The highest BCUT2D eigenvalue weighted by atomic mass is 35.5. The largest absolute Gasteiger partial charge is 1.00 e. The number of hydrogen-bond acceptors (Lipinski definition) is 2. The predicted molar refractivity (Wildman–Crippen MR) is 66.4 cm³/mol. The molecule has 0 saturated heterocycles. The molecule has 0 atom stereocenters. The second-order valence-corrected chi connectivity index (χ2v) is 3.32. The third-order valence-electron chi connectivity index (χ3n) is 1.32. The number of halogens is 2. The van der Waals surface area contributed by atoms with Crippen LogP contribution in [0.4, 0.5) is 0 Å². The Balaban J connectivity index is -0.000000260. The zero-order valence-corrected chi connectivity index (χ0v) is 11.9. The number of pyridine rings is 1. The summed E-state index contributed by atoms with van der Waals surface area (Å²) in [5.74, 6) is 0. The predicted octanol–water partition coefficient (Wildman–Crippen LogP) is -1.07. The molecule has 0 spiro atoms. The van der Waals surface area contributed by atoms with Gasteiger partial charge in [-0.05, 0) is 20.2 Å². The highest BCUT2D eigenvalue weighted by Crippen LogP contribution is 1.98. The van der Waals surface area contributed by atoms with Crippen molar-refractivity contribution >= 4 is 25.0 Å². The van der Waals surface area contributed by atoms with E-state index in [2.05, 4.69) is 35.6 Å². The maximum Gasteiger partial charge on any atom is 0.182 e. The molecule has 1 N–H and O–H groups in total. The van der Waals surface area contributed by atoms with Crippen molar-refractivity contribution in [1.29, 1.82) is 0 Å². The third-order valence-corrected chi connectivity index (χ3v) is 1.59. The molecule has 0 aliphatic carbocycles. The molecule has 0 aliphatic rings. The Hall–Kier alpha value is 0.0400. The van der Waals surface area contributed by atoms with Gasteiger partial charge in [-0.1, -0.05) is 6.92 Å². The average molecular weight is 271 g/mol. The molecule has 1 rings (SSSR count). The summed E-state index contributed by atoms with van der Waals surface area (Å²) in [5, 5.41) is 2.75. The molecule has 2 nitrogen and oxygen atoms in total. The first kappa shape index (κ1) is 20.5. The molecular weight excluding hydrogens is 251 g/mol. The maximum atomic E-state index is 4.23. The van der Waals surface area contributed by atoms with Crippen LogP contribution in [0, 0.1) is 0 Å². The molecule has 0 amide bonds. The SMILES string of the molecule is CCC[n+]1cccc(S)c1.CNC.Cl.[Cl-]. The van der Waals surface area contributed by atoms with Gasteiger partial charge in [-0.2, -0.15) is 0 Å². The molecule has 0 aliphatic heterocycles. The first-order valence-corrected chi connectivity index (χ1v) is 4.95. The Morgan fingerprint density at radius 3 is 2.33 bits per heavy atom. The summed E-state index contributed by atoms with van der Waals surface area (Å²) in [4.78, 5) is 1.02. The zero-order chi connectivity index (χ0) is 10.1. The molecule has 0 fully saturated rings. The molecule has 1 aromatic heterocycles. The van der Waals surface area contributed by atoms with Crippen molar-refractivity contribution in [3.63, 3.8) is 0 Å². The first-order chi connectivity index (χ1) is 6.24. The molecular formula is C10H20Cl2N2S. The quantitative estimate of drug-likeness (QED) is 0.517. The van der Waals surface area contributed by atoms with Gasteiger partial charge in [0.15, 0.2) is 12.4 Å². The molecule has 5 heteroatoms. The smallest absolute Gasteiger partial charge is 0.182 e. The number of aromatic nitrogens is 1. The van der Waals surface area contributed by atoms with Crippen LogP contribution in [0.25, 0.3) is 0 Å². The summed E-state index contributed by atoms with van der Waals surface area (Å²) in [6.07, 6.45) is 5.26. The lowest BCUT2D eigenvalue weighted by molar-refractivity contribution is -0.698. The fourth-order valence-electron chi connectivity index (χ4n) is 0.905. The van der Waals surface area contributed by atoms with Crippen molar-refractivity contribution < 1.29 is 17.0 Å². The van der Waals surface area contributed by atoms with Gasteiger partial charge < -0.3 is 17.7 Å². The van der Waals surface area contributed by atoms with Crippen molar-refractivity contribution in [1.82, 2.24) is 5.32 Å². The number of thiol groups is 1. The summed E-state index contributed by atoms with van der Waals surface area (Å²) in [7, 11) is 3.75. The van der Waals surface area contributed by atoms with Crippen LogP contribution in [0.3, 0.4) is 0 Å². The summed E-state index contributed by atoms with van der Waals surface area (Å²) in [6, 6.07) is 3.99. The molecule has 0 saturated carbocycles. The van der Waals surface area contributed by atoms with Crippen molar-refractivity contribution in [2.45, 2.75) is 24.8 Å². The Labute approximate surface area is 111 Å². The molecule has 15 heavy (non-hydrogen) atoms. The van der Waals surface area contributed by atoms with Crippen molar-refractivity contribution in [2.75, 3.05) is 14.1 Å². The first-order valence-electron chi connectivity index (χ1n) is 4.51. The average Bonchev–Trinajstić information content (AvgIpc) is 2.06. The minimum atomic E-state index is 0. The second-order valence-electron chi connectivity index (χ2n) is 2.80. The van der Waals surface area contributed by atoms with Crippen LogP contribution >= 0.6 is 25.0 Å². The number of nitrogens with one attached hydrogen (secondary N) is 1. The second kappa shape index (κ2) is 14.0. The number of aryl methyl sites for hydroxylation is 1. The van der Waals surface area contributed by atoms with E-state index in [9.17, 15) is 0 Å². The van der Waals surface area contributed by atoms with Gasteiger partial charge in [-0.25, -0.2) is 4.57 Å². The molecule has 90 valence electrons.